The number of hydrogen-bond donors (Lipinski definition) is 1. The lowest BCUT2D eigenvalue weighted by Gasteiger charge is -2.39. The Morgan fingerprint density at radius 2 is 0.418 bits per heavy atom. The molecule has 0 unspecified atom stereocenters. The fraction of sp³-hybridized carbons (Fsp3) is 0.550. The van der Waals surface area contributed by atoms with E-state index >= 15 is 0 Å². The van der Waals surface area contributed by atoms with Crippen molar-refractivity contribution in [2.24, 2.45) is 0 Å². The van der Waals surface area contributed by atoms with Gasteiger partial charge >= 0.3 is 5.97 Å². The van der Waals surface area contributed by atoms with Crippen LogP contribution in [0.1, 0.15) is 387 Å². The molecular formula is C111H150O11. The first-order valence-corrected chi connectivity index (χ1v) is 46.0. The zero-order valence-electron chi connectivity index (χ0n) is 80.9. The first-order valence-electron chi connectivity index (χ1n) is 46.0. The molecule has 11 nitrogen and oxygen atoms in total. The summed E-state index contributed by atoms with van der Waals surface area (Å²) in [4.78, 5) is 25.0. The molecule has 0 atom stereocenters. The average Bonchev–Trinajstić information content (AvgIpc) is 1.52. The molecule has 8 aromatic carbocycles. The molecule has 1 N–H and O–H groups in total. The van der Waals surface area contributed by atoms with Gasteiger partial charge in [-0.15, -0.1) is 0 Å². The molecule has 4 aliphatic rings. The maximum Gasteiger partial charge on any atom is 0.341 e. The summed E-state index contributed by atoms with van der Waals surface area (Å²) in [6.45, 7) is 72.7. The maximum absolute atomic E-state index is 12.7. The quantitative estimate of drug-likeness (QED) is 0.0621. The third-order valence-corrected chi connectivity index (χ3v) is 25.1. The van der Waals surface area contributed by atoms with Gasteiger partial charge in [0.2, 0.25) is 0 Å². The SMILES string of the molecule is CCCOc1c2cc(C(C)(C)C)cc1C1(Cc3cc(C(C)(C)C)cc1c3OCCC)c1cc(C(C)(C)C)cc(c1OCCC)Cc1cc(C(C)(C)C)cc(c1OCC(=O)O)C2.CCCOc1c2cc(C(C)(C)C)cc1C1(Cc3cc(C(C)(C)C)cc1c3OCCC)c1cc(C(C)(C)C)cc(c1OCCC)Cc1cc(C(C)(C)C)cc(c1OCC(C)=O)C2. The highest BCUT2D eigenvalue weighted by molar-refractivity contribution is 5.78. The van der Waals surface area contributed by atoms with E-state index < -0.39 is 23.4 Å². The third-order valence-electron chi connectivity index (χ3n) is 25.1. The number of hydrogen-bond acceptors (Lipinski definition) is 10. The topological polar surface area (TPSA) is 128 Å². The zero-order valence-corrected chi connectivity index (χ0v) is 80.9. The van der Waals surface area contributed by atoms with Gasteiger partial charge in [0.25, 0.3) is 0 Å². The monoisotopic (exact) mass is 1660 g/mol. The van der Waals surface area contributed by atoms with Gasteiger partial charge < -0.3 is 43.0 Å². The molecule has 12 rings (SSSR count). The molecule has 660 valence electrons. The van der Waals surface area contributed by atoms with Gasteiger partial charge in [-0.25, -0.2) is 4.79 Å². The Morgan fingerprint density at radius 1 is 0.254 bits per heavy atom. The van der Waals surface area contributed by atoms with E-state index in [1.807, 2.05) is 0 Å². The first-order chi connectivity index (χ1) is 56.9. The van der Waals surface area contributed by atoms with Gasteiger partial charge in [-0.1, -0.05) is 305 Å². The van der Waals surface area contributed by atoms with Crippen molar-refractivity contribution in [3.63, 3.8) is 0 Å². The Morgan fingerprint density at radius 3 is 0.590 bits per heavy atom. The lowest BCUT2D eigenvalue weighted by atomic mass is 9.65. The van der Waals surface area contributed by atoms with Crippen LogP contribution >= 0.6 is 0 Å². The number of carboxylic acids is 1. The van der Waals surface area contributed by atoms with Gasteiger partial charge in [0.1, 0.15) is 52.6 Å². The standard InChI is InChI=1S/C56H76O5.C55H74O6/c1-17-20-58-49-38-23-36-25-41(52(5,6)7)26-37(48(36)61-34-35(4)57)24-39-28-43(54(11,12)13)31-46(50(39)59-21-18-2)56(45(49)30-42(27-38)53(8,9)10)33-40-29-44(55(14,15)16)32-47(56)51(40)60-22-19-3;1-16-19-58-48-36-22-34-24-39(51(4,5)6)25-35(47(34)61-33-46(56)57)23-37-27-41(53(10,11)12)30-44(49(37)59-20-17-2)55(43(48)29-40(26-36)52(7,8)9)32-38-28-42(54(13,14)15)31-45(55)50(38)60-21-18-3/h25-32H,17-24,33-34H2,1-16H3;24-31H,16-23,32-33H2,1-15H3,(H,56,57). The van der Waals surface area contributed by atoms with Crippen LogP contribution in [0.3, 0.4) is 0 Å². The smallest absolute Gasteiger partial charge is 0.341 e. The van der Waals surface area contributed by atoms with Crippen LogP contribution in [-0.2, 0) is 102 Å². The van der Waals surface area contributed by atoms with Crippen molar-refractivity contribution < 1.29 is 52.6 Å². The number of aliphatic carboxylic acids is 1. The number of fused-ring (bicyclic) bond motifs is 22. The third kappa shape index (κ3) is 19.5. The molecule has 11 heteroatoms. The summed E-state index contributed by atoms with van der Waals surface area (Å²) in [6, 6.07) is 38.1. The van der Waals surface area contributed by atoms with E-state index in [9.17, 15) is 14.7 Å². The molecule has 2 spiro atoms. The molecule has 0 aliphatic heterocycles. The fourth-order valence-electron chi connectivity index (χ4n) is 18.1. The summed E-state index contributed by atoms with van der Waals surface area (Å²) < 4.78 is 55.9. The minimum atomic E-state index is -1.01. The van der Waals surface area contributed by atoms with E-state index in [1.54, 1.807) is 6.92 Å². The Hall–Kier alpha value is -8.70. The second-order valence-corrected chi connectivity index (χ2v) is 44.0. The number of rotatable bonds is 24. The van der Waals surface area contributed by atoms with Crippen molar-refractivity contribution in [3.8, 4) is 46.0 Å². The molecule has 16 bridgehead atoms. The van der Waals surface area contributed by atoms with Crippen LogP contribution < -0.4 is 37.9 Å². The second kappa shape index (κ2) is 35.7. The van der Waals surface area contributed by atoms with Crippen molar-refractivity contribution in [1.82, 2.24) is 0 Å². The van der Waals surface area contributed by atoms with Crippen LogP contribution in [0.4, 0.5) is 0 Å². The Bertz CT molecular complexity index is 4650. The molecule has 0 saturated carbocycles. The van der Waals surface area contributed by atoms with Crippen LogP contribution in [0, 0.1) is 0 Å². The van der Waals surface area contributed by atoms with Gasteiger partial charge in [0, 0.05) is 59.1 Å². The number of ether oxygens (including phenoxy) is 8. The van der Waals surface area contributed by atoms with Crippen molar-refractivity contribution in [2.45, 2.75) is 346 Å². The Kier molecular flexibility index (Phi) is 27.5. The van der Waals surface area contributed by atoms with E-state index in [2.05, 4.69) is 305 Å². The van der Waals surface area contributed by atoms with Crippen molar-refractivity contribution in [1.29, 1.82) is 0 Å². The highest BCUT2D eigenvalue weighted by atomic mass is 16.5. The number of carbonyl (C=O) groups is 2. The van der Waals surface area contributed by atoms with Crippen LogP contribution in [0.25, 0.3) is 0 Å². The van der Waals surface area contributed by atoms with Gasteiger partial charge in [0.05, 0.1) is 50.5 Å². The largest absolute Gasteiger partial charge is 0.493 e. The van der Waals surface area contributed by atoms with E-state index in [-0.39, 0.29) is 55.7 Å². The summed E-state index contributed by atoms with van der Waals surface area (Å²) in [6.07, 6.45) is 8.80. The minimum Gasteiger partial charge on any atom is -0.493 e. The summed E-state index contributed by atoms with van der Waals surface area (Å²) in [7, 11) is 0. The number of carboxylic acid groups (broad SMARTS) is 1. The molecule has 122 heavy (non-hydrogen) atoms. The van der Waals surface area contributed by atoms with Gasteiger partial charge in [-0.3, -0.25) is 4.79 Å². The summed E-state index contributed by atoms with van der Waals surface area (Å²) in [5.41, 5.74) is 24.8. The van der Waals surface area contributed by atoms with Gasteiger partial charge in [-0.05, 0) is 202 Å². The van der Waals surface area contributed by atoms with Crippen LogP contribution in [0.2, 0.25) is 0 Å². The molecule has 0 saturated heterocycles. The minimum absolute atomic E-state index is 0.00314. The highest BCUT2D eigenvalue weighted by Crippen LogP contribution is 2.63. The summed E-state index contributed by atoms with van der Waals surface area (Å²) >= 11 is 0. The first kappa shape index (κ1) is 94.0. The Labute approximate surface area is 735 Å². The molecule has 0 fully saturated rings. The maximum atomic E-state index is 12.7. The molecule has 4 aliphatic carbocycles. The van der Waals surface area contributed by atoms with E-state index in [4.69, 9.17) is 37.9 Å². The number of Topliss-reactive ketones (excluding diaryl/α,β-unsaturated/α-hetero) is 1. The lowest BCUT2D eigenvalue weighted by molar-refractivity contribution is -0.139. The molecule has 0 aromatic heterocycles. The number of benzene rings is 8. The number of ketones is 1. The van der Waals surface area contributed by atoms with E-state index in [0.29, 0.717) is 77.5 Å². The van der Waals surface area contributed by atoms with Gasteiger partial charge in [0.15, 0.2) is 12.4 Å². The molecule has 8 aromatic rings. The van der Waals surface area contributed by atoms with Crippen molar-refractivity contribution >= 4 is 11.8 Å². The van der Waals surface area contributed by atoms with Gasteiger partial charge in [-0.2, -0.15) is 0 Å². The lowest BCUT2D eigenvalue weighted by Crippen LogP contribution is -2.33. The van der Waals surface area contributed by atoms with E-state index in [1.165, 1.54) is 61.2 Å². The van der Waals surface area contributed by atoms with Crippen molar-refractivity contribution in [2.75, 3.05) is 52.9 Å². The average molecular weight is 1660 g/mol. The van der Waals surface area contributed by atoms with Crippen LogP contribution in [0.5, 0.6) is 46.0 Å². The normalized spacial score (nSPS) is 14.7. The van der Waals surface area contributed by atoms with Crippen molar-refractivity contribution in [3.05, 3.63) is 231 Å². The highest BCUT2D eigenvalue weighted by Gasteiger charge is 2.54. The summed E-state index contributed by atoms with van der Waals surface area (Å²) in [5, 5.41) is 10.0. The summed E-state index contributed by atoms with van der Waals surface area (Å²) in [5.74, 6) is 5.93. The molecule has 0 heterocycles. The Balaban J connectivity index is 0.000000238. The molecule has 0 amide bonds. The predicted molar refractivity (Wildman–Crippen MR) is 504 cm³/mol. The molecular weight excluding hydrogens is 1510 g/mol. The zero-order chi connectivity index (χ0) is 89.7. The predicted octanol–water partition coefficient (Wildman–Crippen LogP) is 26.7. The molecule has 0 radical (unpaired) electrons. The van der Waals surface area contributed by atoms with E-state index in [0.717, 1.165) is 158 Å². The second-order valence-electron chi connectivity index (χ2n) is 44.0. The van der Waals surface area contributed by atoms with Crippen LogP contribution in [0.15, 0.2) is 97.1 Å². The fourth-order valence-corrected chi connectivity index (χ4v) is 18.1. The number of carbonyl (C=O) groups excluding carboxylic acids is 1. The van der Waals surface area contributed by atoms with Crippen LogP contribution in [-0.4, -0.2) is 69.7 Å².